The summed E-state index contributed by atoms with van der Waals surface area (Å²) in [4.78, 5) is 28.2. The van der Waals surface area contributed by atoms with E-state index in [1.807, 2.05) is 30.3 Å². The maximum atomic E-state index is 12.1. The second-order valence-corrected chi connectivity index (χ2v) is 6.01. The summed E-state index contributed by atoms with van der Waals surface area (Å²) < 4.78 is 6.77. The number of aliphatic imine (C=N–C) groups is 1. The van der Waals surface area contributed by atoms with Gasteiger partial charge in [0.2, 0.25) is 0 Å². The SMILES string of the molecule is O=C(NC1=NCCS1)c1ccc(=O)n(CCOc2ccccc2)n1. The molecule has 124 valence electrons. The number of thioether (sulfide) groups is 1. The lowest BCUT2D eigenvalue weighted by Gasteiger charge is -2.09. The third kappa shape index (κ3) is 4.23. The molecule has 1 aromatic carbocycles. The number of hydrogen-bond acceptors (Lipinski definition) is 6. The van der Waals surface area contributed by atoms with Gasteiger partial charge in [0, 0.05) is 11.8 Å². The highest BCUT2D eigenvalue weighted by atomic mass is 32.2. The summed E-state index contributed by atoms with van der Waals surface area (Å²) in [5.74, 6) is 1.20. The summed E-state index contributed by atoms with van der Waals surface area (Å²) >= 11 is 1.49. The molecule has 1 aliphatic heterocycles. The Morgan fingerprint density at radius 3 is 2.83 bits per heavy atom. The highest BCUT2D eigenvalue weighted by Gasteiger charge is 2.14. The van der Waals surface area contributed by atoms with Crippen LogP contribution in [0.3, 0.4) is 0 Å². The molecule has 0 unspecified atom stereocenters. The second-order valence-electron chi connectivity index (χ2n) is 4.93. The lowest BCUT2D eigenvalue weighted by Crippen LogP contribution is -2.32. The van der Waals surface area contributed by atoms with E-state index in [0.717, 1.165) is 11.5 Å². The summed E-state index contributed by atoms with van der Waals surface area (Å²) in [6, 6.07) is 12.0. The molecule has 1 N–H and O–H groups in total. The molecule has 0 aliphatic carbocycles. The Hall–Kier alpha value is -2.61. The van der Waals surface area contributed by atoms with Crippen LogP contribution in [0, 0.1) is 0 Å². The topological polar surface area (TPSA) is 85.6 Å². The van der Waals surface area contributed by atoms with E-state index in [2.05, 4.69) is 15.4 Å². The summed E-state index contributed by atoms with van der Waals surface area (Å²) in [7, 11) is 0. The minimum absolute atomic E-state index is 0.171. The van der Waals surface area contributed by atoms with Crippen LogP contribution in [0.4, 0.5) is 0 Å². The molecule has 0 radical (unpaired) electrons. The largest absolute Gasteiger partial charge is 0.492 e. The highest BCUT2D eigenvalue weighted by Crippen LogP contribution is 2.09. The molecule has 0 fully saturated rings. The number of benzene rings is 1. The fourth-order valence-electron chi connectivity index (χ4n) is 2.07. The number of amidine groups is 1. The van der Waals surface area contributed by atoms with Crippen molar-refractivity contribution in [2.75, 3.05) is 18.9 Å². The average Bonchev–Trinajstić information content (AvgIpc) is 3.10. The molecule has 8 heteroatoms. The van der Waals surface area contributed by atoms with Gasteiger partial charge in [-0.15, -0.1) is 0 Å². The van der Waals surface area contributed by atoms with Crippen LogP contribution in [-0.2, 0) is 6.54 Å². The fraction of sp³-hybridized carbons (Fsp3) is 0.250. The van der Waals surface area contributed by atoms with E-state index in [4.69, 9.17) is 4.74 Å². The number of para-hydroxylation sites is 1. The first-order valence-corrected chi connectivity index (χ1v) is 8.45. The number of rotatable bonds is 5. The van der Waals surface area contributed by atoms with Crippen LogP contribution in [-0.4, -0.2) is 39.8 Å². The van der Waals surface area contributed by atoms with Crippen molar-refractivity contribution in [2.45, 2.75) is 6.54 Å². The molecule has 7 nitrogen and oxygen atoms in total. The second kappa shape index (κ2) is 7.78. The molecule has 3 rings (SSSR count). The van der Waals surface area contributed by atoms with Gasteiger partial charge in [-0.25, -0.2) is 4.68 Å². The number of carbonyl (C=O) groups excluding carboxylic acids is 1. The van der Waals surface area contributed by atoms with Crippen molar-refractivity contribution < 1.29 is 9.53 Å². The Morgan fingerprint density at radius 1 is 1.25 bits per heavy atom. The molecule has 2 heterocycles. The molecule has 0 spiro atoms. The van der Waals surface area contributed by atoms with Crippen LogP contribution in [0.15, 0.2) is 52.3 Å². The van der Waals surface area contributed by atoms with Gasteiger partial charge in [0.25, 0.3) is 11.5 Å². The zero-order valence-electron chi connectivity index (χ0n) is 12.8. The van der Waals surface area contributed by atoms with Crippen molar-refractivity contribution in [3.05, 3.63) is 58.5 Å². The Labute approximate surface area is 142 Å². The molecule has 2 aromatic rings. The molecule has 1 aliphatic rings. The van der Waals surface area contributed by atoms with E-state index in [9.17, 15) is 9.59 Å². The van der Waals surface area contributed by atoms with Gasteiger partial charge >= 0.3 is 0 Å². The van der Waals surface area contributed by atoms with E-state index >= 15 is 0 Å². The molecule has 24 heavy (non-hydrogen) atoms. The highest BCUT2D eigenvalue weighted by molar-refractivity contribution is 8.14. The summed E-state index contributed by atoms with van der Waals surface area (Å²) in [5, 5.41) is 7.37. The van der Waals surface area contributed by atoms with Gasteiger partial charge in [-0.2, -0.15) is 5.10 Å². The van der Waals surface area contributed by atoms with E-state index in [1.54, 1.807) is 0 Å². The van der Waals surface area contributed by atoms with E-state index in [0.29, 0.717) is 11.7 Å². The minimum atomic E-state index is -0.374. The van der Waals surface area contributed by atoms with Gasteiger partial charge in [-0.05, 0) is 18.2 Å². The number of nitrogens with zero attached hydrogens (tertiary/aromatic N) is 3. The predicted molar refractivity (Wildman–Crippen MR) is 92.7 cm³/mol. The molecule has 0 saturated carbocycles. The number of hydrogen-bond donors (Lipinski definition) is 1. The number of amides is 1. The summed E-state index contributed by atoms with van der Waals surface area (Å²) in [6.07, 6.45) is 0. The number of nitrogens with one attached hydrogen (secondary N) is 1. The molecular weight excluding hydrogens is 328 g/mol. The van der Waals surface area contributed by atoms with Crippen LogP contribution < -0.4 is 15.6 Å². The Bertz CT molecular complexity index is 804. The quantitative estimate of drug-likeness (QED) is 0.879. The van der Waals surface area contributed by atoms with Gasteiger partial charge in [-0.3, -0.25) is 19.9 Å². The maximum absolute atomic E-state index is 12.1. The first-order valence-electron chi connectivity index (χ1n) is 7.47. The molecule has 0 saturated heterocycles. The monoisotopic (exact) mass is 344 g/mol. The van der Waals surface area contributed by atoms with E-state index in [-0.39, 0.29) is 30.3 Å². The van der Waals surface area contributed by atoms with Crippen molar-refractivity contribution in [1.29, 1.82) is 0 Å². The van der Waals surface area contributed by atoms with Crippen LogP contribution in [0.1, 0.15) is 10.5 Å². The predicted octanol–water partition coefficient (Wildman–Crippen LogP) is 1.15. The van der Waals surface area contributed by atoms with Gasteiger partial charge in [-0.1, -0.05) is 30.0 Å². The lowest BCUT2D eigenvalue weighted by molar-refractivity contribution is 0.0970. The zero-order valence-corrected chi connectivity index (χ0v) is 13.7. The molecule has 1 aromatic heterocycles. The Balaban J connectivity index is 1.62. The van der Waals surface area contributed by atoms with Crippen molar-refractivity contribution in [1.82, 2.24) is 15.1 Å². The molecule has 0 bridgehead atoms. The Kier molecular flexibility index (Phi) is 5.27. The van der Waals surface area contributed by atoms with Crippen molar-refractivity contribution >= 4 is 22.8 Å². The first kappa shape index (κ1) is 16.3. The van der Waals surface area contributed by atoms with Gasteiger partial charge in [0.15, 0.2) is 5.17 Å². The van der Waals surface area contributed by atoms with Crippen LogP contribution in [0.2, 0.25) is 0 Å². The van der Waals surface area contributed by atoms with Crippen molar-refractivity contribution in [3.8, 4) is 5.75 Å². The van der Waals surface area contributed by atoms with Crippen molar-refractivity contribution in [2.24, 2.45) is 4.99 Å². The average molecular weight is 344 g/mol. The third-order valence-corrected chi connectivity index (χ3v) is 4.11. The molecular formula is C16H16N4O3S. The smallest absolute Gasteiger partial charge is 0.277 e. The first-order chi connectivity index (χ1) is 11.7. The Morgan fingerprint density at radius 2 is 2.08 bits per heavy atom. The minimum Gasteiger partial charge on any atom is -0.492 e. The summed E-state index contributed by atoms with van der Waals surface area (Å²) in [5.41, 5.74) is -0.111. The van der Waals surface area contributed by atoms with Crippen LogP contribution >= 0.6 is 11.8 Å². The van der Waals surface area contributed by atoms with Crippen molar-refractivity contribution in [3.63, 3.8) is 0 Å². The standard InChI is InChI=1S/C16H16N4O3S/c21-14-7-6-13(15(22)18-16-17-8-11-24-16)19-20(14)9-10-23-12-4-2-1-3-5-12/h1-7H,8-11H2,(H,17,18,22). The van der Waals surface area contributed by atoms with E-state index in [1.165, 1.54) is 28.6 Å². The third-order valence-electron chi connectivity index (χ3n) is 3.22. The number of carbonyl (C=O) groups is 1. The lowest BCUT2D eigenvalue weighted by atomic mass is 10.3. The zero-order chi connectivity index (χ0) is 16.8. The van der Waals surface area contributed by atoms with Gasteiger partial charge < -0.3 is 4.74 Å². The van der Waals surface area contributed by atoms with E-state index < -0.39 is 0 Å². The summed E-state index contributed by atoms with van der Waals surface area (Å²) in [6.45, 7) is 1.24. The molecule has 0 atom stereocenters. The van der Waals surface area contributed by atoms with Gasteiger partial charge in [0.05, 0.1) is 13.1 Å². The maximum Gasteiger partial charge on any atom is 0.277 e. The number of aromatic nitrogens is 2. The van der Waals surface area contributed by atoms with Gasteiger partial charge in [0.1, 0.15) is 18.1 Å². The van der Waals surface area contributed by atoms with Crippen LogP contribution in [0.5, 0.6) is 5.75 Å². The molecule has 1 amide bonds. The van der Waals surface area contributed by atoms with Crippen LogP contribution in [0.25, 0.3) is 0 Å². The number of ether oxygens (including phenoxy) is 1. The normalized spacial score (nSPS) is 13.4. The fourth-order valence-corrected chi connectivity index (χ4v) is 2.79.